The van der Waals surface area contributed by atoms with Gasteiger partial charge in [0, 0.05) is 16.8 Å². The molecule has 1 aromatic rings. The smallest absolute Gasteiger partial charge is 0.139 e. The average molecular weight is 586 g/mol. The summed E-state index contributed by atoms with van der Waals surface area (Å²) >= 11 is 11.6. The van der Waals surface area contributed by atoms with Crippen molar-refractivity contribution in [3.8, 4) is 0 Å². The van der Waals surface area contributed by atoms with Crippen molar-refractivity contribution in [3.05, 3.63) is 35.9 Å². The number of rotatable bonds is 6. The first-order chi connectivity index (χ1) is 11.0. The van der Waals surface area contributed by atoms with Gasteiger partial charge in [-0.3, -0.25) is 0 Å². The molecule has 23 heavy (non-hydrogen) atoms. The van der Waals surface area contributed by atoms with E-state index < -0.39 is 10.9 Å². The summed E-state index contributed by atoms with van der Waals surface area (Å²) in [7, 11) is 0. The lowest BCUT2D eigenvalue weighted by molar-refractivity contribution is 0.611. The van der Waals surface area contributed by atoms with Crippen LogP contribution in [0.4, 0.5) is 0 Å². The fraction of sp³-hybridized carbons (Fsp3) is 0.625. The van der Waals surface area contributed by atoms with Crippen molar-refractivity contribution in [2.75, 3.05) is 0 Å². The third-order valence-corrected chi connectivity index (χ3v) is 20.3. The average Bonchev–Trinajstić information content (AvgIpc) is 2.86. The lowest BCUT2D eigenvalue weighted by atomic mass is 9.78. The van der Waals surface area contributed by atoms with Crippen LogP contribution in [0.3, 0.4) is 0 Å². The van der Waals surface area contributed by atoms with Crippen LogP contribution in [0.15, 0.2) is 30.3 Å². The fourth-order valence-corrected chi connectivity index (χ4v) is 13.9. The molecule has 0 heterocycles. The van der Waals surface area contributed by atoms with Gasteiger partial charge in [0.1, 0.15) is 44.1 Å². The molecule has 0 saturated heterocycles. The van der Waals surface area contributed by atoms with Gasteiger partial charge < -0.3 is 0 Å². The molecule has 4 fully saturated rings. The fourth-order valence-electron chi connectivity index (χ4n) is 5.28. The Morgan fingerprint density at radius 1 is 1.13 bits per heavy atom. The summed E-state index contributed by atoms with van der Waals surface area (Å²) in [6, 6.07) is 11.1. The molecule has 8 unspecified atom stereocenters. The second kappa shape index (κ2) is 6.84. The van der Waals surface area contributed by atoms with E-state index >= 15 is 0 Å². The van der Waals surface area contributed by atoms with Gasteiger partial charge in [-0.05, 0) is 49.4 Å². The summed E-state index contributed by atoms with van der Waals surface area (Å²) in [5.74, 6) is 4.97. The molecular weight excluding hydrogens is 565 g/mol. The van der Waals surface area contributed by atoms with E-state index in [0.717, 1.165) is 35.1 Å². The van der Waals surface area contributed by atoms with Gasteiger partial charge in [0.05, 0.1) is 10.8 Å². The monoisotopic (exact) mass is 586 g/mol. The second-order valence-corrected chi connectivity index (χ2v) is 19.6. The van der Waals surface area contributed by atoms with Crippen molar-refractivity contribution in [2.45, 2.75) is 36.9 Å². The number of hydrogen-bond acceptors (Lipinski definition) is 0. The van der Waals surface area contributed by atoms with Gasteiger partial charge in [-0.1, -0.05) is 30.3 Å². The van der Waals surface area contributed by atoms with Gasteiger partial charge in [-0.15, -0.1) is 11.5 Å². The van der Waals surface area contributed by atoms with E-state index in [-0.39, 0.29) is 0 Å². The quantitative estimate of drug-likeness (QED) is 0.203. The summed E-state index contributed by atoms with van der Waals surface area (Å²) in [5, 5.41) is 0.302. The van der Waals surface area contributed by atoms with E-state index in [2.05, 4.69) is 95.3 Å². The SMILES string of the molecule is CC(C)(c1ccccc1)[PH+](I)[B]C1C2CC3C1C3C2[PH+](I)[B]Cl. The molecule has 4 aliphatic rings. The highest BCUT2D eigenvalue weighted by atomic mass is 127. The summed E-state index contributed by atoms with van der Waals surface area (Å²) in [6.07, 6.45) is 3.52. The Morgan fingerprint density at radius 3 is 2.43 bits per heavy atom. The molecule has 4 aliphatic carbocycles. The molecule has 0 N–H and O–H groups in total. The molecule has 120 valence electrons. The first-order valence-electron chi connectivity index (χ1n) is 8.36. The van der Waals surface area contributed by atoms with Crippen LogP contribution in [-0.4, -0.2) is 19.1 Å². The van der Waals surface area contributed by atoms with Crippen LogP contribution >= 0.6 is 66.4 Å². The summed E-state index contributed by atoms with van der Waals surface area (Å²) in [5.41, 5.74) is 1.43. The topological polar surface area (TPSA) is 0 Å². The van der Waals surface area contributed by atoms with Gasteiger partial charge in [0.2, 0.25) is 0 Å². The second-order valence-electron chi connectivity index (χ2n) is 7.82. The molecule has 4 bridgehead atoms. The third-order valence-electron chi connectivity index (χ3n) is 6.51. The molecule has 0 amide bonds. The Kier molecular flexibility index (Phi) is 5.45. The van der Waals surface area contributed by atoms with Crippen LogP contribution in [0, 0.1) is 23.7 Å². The van der Waals surface area contributed by atoms with Crippen LogP contribution in [0.1, 0.15) is 25.8 Å². The van der Waals surface area contributed by atoms with Crippen LogP contribution in [0.5, 0.6) is 0 Å². The molecule has 8 atom stereocenters. The molecule has 1 aromatic carbocycles. The maximum atomic E-state index is 6.11. The first kappa shape index (κ1) is 18.3. The summed E-state index contributed by atoms with van der Waals surface area (Å²) in [6.45, 7) is 7.72. The van der Waals surface area contributed by atoms with Gasteiger partial charge in [0.25, 0.3) is 0 Å². The van der Waals surface area contributed by atoms with Crippen molar-refractivity contribution in [3.63, 3.8) is 0 Å². The van der Waals surface area contributed by atoms with Crippen LogP contribution in [-0.2, 0) is 5.16 Å². The minimum Gasteiger partial charge on any atom is -0.139 e. The molecule has 7 heteroatoms. The Bertz CT molecular complexity index is 591. The van der Waals surface area contributed by atoms with Crippen molar-refractivity contribution in [2.24, 2.45) is 23.7 Å². The van der Waals surface area contributed by atoms with E-state index in [9.17, 15) is 0 Å². The predicted molar refractivity (Wildman–Crippen MR) is 128 cm³/mol. The molecular formula is C16H21B2ClI2P2+2. The molecule has 0 aliphatic heterocycles. The van der Waals surface area contributed by atoms with Crippen LogP contribution < -0.4 is 0 Å². The molecule has 2 radical (unpaired) electrons. The van der Waals surface area contributed by atoms with E-state index in [1.165, 1.54) is 12.0 Å². The van der Waals surface area contributed by atoms with Crippen molar-refractivity contribution in [1.29, 1.82) is 0 Å². The highest BCUT2D eigenvalue weighted by Crippen LogP contribution is 2.84. The number of benzene rings is 1. The Labute approximate surface area is 174 Å². The normalized spacial score (nSPS) is 39.9. The van der Waals surface area contributed by atoms with E-state index in [1.807, 2.05) is 6.41 Å². The van der Waals surface area contributed by atoms with Crippen LogP contribution in [0.2, 0.25) is 5.82 Å². The van der Waals surface area contributed by atoms with Gasteiger partial charge in [-0.2, -0.15) is 0 Å². The number of hydrogen-bond donors (Lipinski definition) is 0. The number of halogens is 3. The maximum Gasteiger partial charge on any atom is 0.483 e. The van der Waals surface area contributed by atoms with Crippen molar-refractivity contribution in [1.82, 2.24) is 0 Å². The lowest BCUT2D eigenvalue weighted by Gasteiger charge is -2.26. The molecule has 5 rings (SSSR count). The van der Waals surface area contributed by atoms with Gasteiger partial charge in [-0.25, -0.2) is 0 Å². The van der Waals surface area contributed by atoms with E-state index in [0.29, 0.717) is 5.16 Å². The molecule has 0 aromatic heterocycles. The van der Waals surface area contributed by atoms with Gasteiger partial charge in [0.15, 0.2) is 0 Å². The Morgan fingerprint density at radius 2 is 1.83 bits per heavy atom. The maximum absolute atomic E-state index is 6.11. The third kappa shape index (κ3) is 3.01. The van der Waals surface area contributed by atoms with E-state index in [1.54, 1.807) is 0 Å². The highest BCUT2D eigenvalue weighted by molar-refractivity contribution is 14.2. The molecule has 0 spiro atoms. The zero-order valence-electron chi connectivity index (χ0n) is 13.3. The van der Waals surface area contributed by atoms with E-state index in [4.69, 9.17) is 11.5 Å². The zero-order chi connectivity index (χ0) is 16.4. The molecule has 4 saturated carbocycles. The Hall–Kier alpha value is 1.96. The van der Waals surface area contributed by atoms with Gasteiger partial charge >= 0.3 is 13.4 Å². The summed E-state index contributed by atoms with van der Waals surface area (Å²) < 4.78 is 0. The standard InChI is InChI=1S/C16H21B2ClI2P2/c1-16(2,9-6-4-3-5-7-9)23(21)17-14-11-8-10-12(14)13(10)15(11)22(20)18-19/h3-7,10-15,22-23H,8H2,1-2H3/q+2. The molecule has 0 nitrogen and oxygen atoms in total. The van der Waals surface area contributed by atoms with Crippen LogP contribution in [0.25, 0.3) is 0 Å². The highest BCUT2D eigenvalue weighted by Gasteiger charge is 2.77. The zero-order valence-corrected chi connectivity index (χ0v) is 20.4. The lowest BCUT2D eigenvalue weighted by Crippen LogP contribution is -2.20. The first-order valence-corrected chi connectivity index (χ1v) is 18.3. The largest absolute Gasteiger partial charge is 0.483 e. The predicted octanol–water partition coefficient (Wildman–Crippen LogP) is 6.50. The van der Waals surface area contributed by atoms with Crippen molar-refractivity contribution < 1.29 is 0 Å². The minimum absolute atomic E-state index is 0.302. The summed E-state index contributed by atoms with van der Waals surface area (Å²) in [4.78, 5) is 0. The Balaban J connectivity index is 1.48. The van der Waals surface area contributed by atoms with Crippen molar-refractivity contribution >= 4 is 79.8 Å². The minimum atomic E-state index is -0.557.